The Bertz CT molecular complexity index is 751. The van der Waals surface area contributed by atoms with Crippen LogP contribution in [-0.2, 0) is 0 Å². The fraction of sp³-hybridized carbons (Fsp3) is 0.222. The Balaban J connectivity index is 2.59. The second-order valence-corrected chi connectivity index (χ2v) is 6.01. The number of carboxylic acids is 1. The topological polar surface area (TPSA) is 50.2 Å². The van der Waals surface area contributed by atoms with Gasteiger partial charge in [0.15, 0.2) is 0 Å². The molecule has 2 aromatic rings. The lowest BCUT2D eigenvalue weighted by molar-refractivity contribution is 0.0696. The number of hydrogen-bond acceptors (Lipinski definition) is 3. The Kier molecular flexibility index (Phi) is 5.03. The van der Waals surface area contributed by atoms with Gasteiger partial charge < -0.3 is 5.11 Å². The van der Waals surface area contributed by atoms with E-state index < -0.39 is 5.97 Å². The number of pyridine rings is 1. The molecule has 0 amide bonds. The lowest BCUT2D eigenvalue weighted by Gasteiger charge is -2.12. The van der Waals surface area contributed by atoms with Crippen molar-refractivity contribution in [2.75, 3.05) is 6.26 Å². The molecular weight excluding hydrogens is 294 g/mol. The van der Waals surface area contributed by atoms with E-state index in [4.69, 9.17) is 0 Å². The van der Waals surface area contributed by atoms with E-state index in [0.717, 1.165) is 33.0 Å². The molecule has 0 aliphatic heterocycles. The third-order valence-corrected chi connectivity index (χ3v) is 4.42. The second-order valence-electron chi connectivity index (χ2n) is 5.13. The summed E-state index contributed by atoms with van der Waals surface area (Å²) in [6.45, 7) is 5.87. The van der Waals surface area contributed by atoms with Gasteiger partial charge in [0.2, 0.25) is 0 Å². The van der Waals surface area contributed by atoms with Crippen LogP contribution in [-0.4, -0.2) is 22.3 Å². The van der Waals surface area contributed by atoms with Crippen molar-refractivity contribution in [3.8, 4) is 0 Å². The highest BCUT2D eigenvalue weighted by molar-refractivity contribution is 7.98. The smallest absolute Gasteiger partial charge is 0.336 e. The molecule has 2 rings (SSSR count). The van der Waals surface area contributed by atoms with Crippen molar-refractivity contribution in [2.45, 2.75) is 25.7 Å². The lowest BCUT2D eigenvalue weighted by atomic mass is 9.95. The predicted molar refractivity (Wildman–Crippen MR) is 92.3 cm³/mol. The third kappa shape index (κ3) is 3.39. The molecule has 114 valence electrons. The molecule has 0 aliphatic rings. The maximum absolute atomic E-state index is 11.6. The van der Waals surface area contributed by atoms with Gasteiger partial charge in [0.25, 0.3) is 0 Å². The van der Waals surface area contributed by atoms with Gasteiger partial charge in [-0.25, -0.2) is 4.79 Å². The molecule has 0 fully saturated rings. The first-order valence-electron chi connectivity index (χ1n) is 6.97. The summed E-state index contributed by atoms with van der Waals surface area (Å²) < 4.78 is 0. The van der Waals surface area contributed by atoms with Crippen LogP contribution in [0, 0.1) is 6.92 Å². The van der Waals surface area contributed by atoms with Crippen molar-refractivity contribution < 1.29 is 9.90 Å². The minimum absolute atomic E-state index is 0.330. The first-order valence-corrected chi connectivity index (χ1v) is 8.19. The minimum Gasteiger partial charge on any atom is -0.478 e. The first kappa shape index (κ1) is 16.3. The van der Waals surface area contributed by atoms with Crippen LogP contribution in [0.25, 0.3) is 11.1 Å². The molecule has 0 aliphatic carbocycles. The SMILES string of the molecule is CSc1ccc(/C(C)=C(/C)c2cccc(C)n2)c(C(=O)O)c1. The van der Waals surface area contributed by atoms with Crippen LogP contribution in [0.4, 0.5) is 0 Å². The van der Waals surface area contributed by atoms with E-state index >= 15 is 0 Å². The van der Waals surface area contributed by atoms with Crippen molar-refractivity contribution in [3.05, 3.63) is 58.9 Å². The monoisotopic (exact) mass is 313 g/mol. The number of hydrogen-bond donors (Lipinski definition) is 1. The Morgan fingerprint density at radius 3 is 2.41 bits per heavy atom. The molecule has 1 N–H and O–H groups in total. The van der Waals surface area contributed by atoms with Crippen LogP contribution in [0.3, 0.4) is 0 Å². The molecule has 1 heterocycles. The predicted octanol–water partition coefficient (Wildman–Crippen LogP) is 4.76. The maximum atomic E-state index is 11.6. The van der Waals surface area contributed by atoms with Crippen LogP contribution < -0.4 is 0 Å². The van der Waals surface area contributed by atoms with Gasteiger partial charge in [0.1, 0.15) is 0 Å². The van der Waals surface area contributed by atoms with E-state index in [-0.39, 0.29) is 0 Å². The number of rotatable bonds is 4. The van der Waals surface area contributed by atoms with Crippen molar-refractivity contribution in [3.63, 3.8) is 0 Å². The van der Waals surface area contributed by atoms with Crippen LogP contribution in [0.15, 0.2) is 41.3 Å². The number of carbonyl (C=O) groups is 1. The highest BCUT2D eigenvalue weighted by Crippen LogP contribution is 2.29. The van der Waals surface area contributed by atoms with E-state index in [1.165, 1.54) is 11.8 Å². The molecule has 4 heteroatoms. The average molecular weight is 313 g/mol. The number of nitrogens with zero attached hydrogens (tertiary/aromatic N) is 1. The number of carboxylic acid groups (broad SMARTS) is 1. The van der Waals surface area contributed by atoms with Gasteiger partial charge in [-0.3, -0.25) is 4.98 Å². The van der Waals surface area contributed by atoms with Gasteiger partial charge in [0, 0.05) is 10.6 Å². The van der Waals surface area contributed by atoms with E-state index in [1.807, 2.05) is 57.4 Å². The van der Waals surface area contributed by atoms with Crippen LogP contribution in [0.5, 0.6) is 0 Å². The third-order valence-electron chi connectivity index (χ3n) is 3.70. The molecule has 1 aromatic heterocycles. The second kappa shape index (κ2) is 6.79. The molecule has 22 heavy (non-hydrogen) atoms. The Morgan fingerprint density at radius 2 is 1.82 bits per heavy atom. The van der Waals surface area contributed by atoms with Gasteiger partial charge in [0.05, 0.1) is 11.3 Å². The van der Waals surface area contributed by atoms with E-state index in [9.17, 15) is 9.90 Å². The molecule has 0 spiro atoms. The normalized spacial score (nSPS) is 12.0. The van der Waals surface area contributed by atoms with Gasteiger partial charge in [-0.15, -0.1) is 11.8 Å². The van der Waals surface area contributed by atoms with Gasteiger partial charge in [-0.2, -0.15) is 0 Å². The van der Waals surface area contributed by atoms with Crippen molar-refractivity contribution in [2.24, 2.45) is 0 Å². The standard InChI is InChI=1S/C18H19NO2S/c1-11-6-5-7-17(19-11)13(3)12(2)15-9-8-14(22-4)10-16(15)18(20)21/h5-10H,1-4H3,(H,20,21)/b13-12-. The number of aromatic nitrogens is 1. The molecular formula is C18H19NO2S. The van der Waals surface area contributed by atoms with Gasteiger partial charge >= 0.3 is 5.97 Å². The quantitative estimate of drug-likeness (QED) is 0.827. The summed E-state index contributed by atoms with van der Waals surface area (Å²) in [5, 5.41) is 9.48. The number of aromatic carboxylic acids is 1. The number of aryl methyl sites for hydroxylation is 1. The minimum atomic E-state index is -0.907. The van der Waals surface area contributed by atoms with Crippen molar-refractivity contribution >= 4 is 28.9 Å². The number of thioether (sulfide) groups is 1. The van der Waals surface area contributed by atoms with E-state index in [0.29, 0.717) is 5.56 Å². The summed E-state index contributed by atoms with van der Waals surface area (Å²) in [6, 6.07) is 11.4. The average Bonchev–Trinajstić information content (AvgIpc) is 2.52. The Morgan fingerprint density at radius 1 is 1.09 bits per heavy atom. The zero-order valence-electron chi connectivity index (χ0n) is 13.2. The molecule has 0 unspecified atom stereocenters. The summed E-state index contributed by atoms with van der Waals surface area (Å²) >= 11 is 1.54. The molecule has 0 saturated heterocycles. The largest absolute Gasteiger partial charge is 0.478 e. The highest BCUT2D eigenvalue weighted by Gasteiger charge is 2.14. The maximum Gasteiger partial charge on any atom is 0.336 e. The summed E-state index contributed by atoms with van der Waals surface area (Å²) in [4.78, 5) is 17.0. The summed E-state index contributed by atoms with van der Waals surface area (Å²) in [7, 11) is 0. The fourth-order valence-electron chi connectivity index (χ4n) is 2.30. The van der Waals surface area contributed by atoms with Crippen LogP contribution >= 0.6 is 11.8 Å². The first-order chi connectivity index (χ1) is 10.4. The number of benzene rings is 1. The zero-order chi connectivity index (χ0) is 16.3. The van der Waals surface area contributed by atoms with Gasteiger partial charge in [-0.05, 0) is 68.0 Å². The van der Waals surface area contributed by atoms with E-state index in [1.54, 1.807) is 6.07 Å². The van der Waals surface area contributed by atoms with Gasteiger partial charge in [-0.1, -0.05) is 12.1 Å². The molecule has 0 bridgehead atoms. The molecule has 0 atom stereocenters. The number of allylic oxidation sites excluding steroid dienone is 2. The van der Waals surface area contributed by atoms with E-state index in [2.05, 4.69) is 4.98 Å². The Labute approximate surface area is 135 Å². The highest BCUT2D eigenvalue weighted by atomic mass is 32.2. The molecule has 0 saturated carbocycles. The summed E-state index contributed by atoms with van der Waals surface area (Å²) in [5.74, 6) is -0.907. The van der Waals surface area contributed by atoms with Crippen LogP contribution in [0.1, 0.15) is 41.2 Å². The van der Waals surface area contributed by atoms with Crippen LogP contribution in [0.2, 0.25) is 0 Å². The summed E-state index contributed by atoms with van der Waals surface area (Å²) in [5.41, 5.74) is 4.82. The molecule has 1 aromatic carbocycles. The van der Waals surface area contributed by atoms with Crippen molar-refractivity contribution in [1.82, 2.24) is 4.98 Å². The lowest BCUT2D eigenvalue weighted by Crippen LogP contribution is -2.02. The van der Waals surface area contributed by atoms with Crippen molar-refractivity contribution in [1.29, 1.82) is 0 Å². The molecule has 3 nitrogen and oxygen atoms in total. The Hall–Kier alpha value is -2.07. The summed E-state index contributed by atoms with van der Waals surface area (Å²) in [6.07, 6.45) is 1.94. The zero-order valence-corrected chi connectivity index (χ0v) is 14.0. The fourth-order valence-corrected chi connectivity index (χ4v) is 2.74. The molecule has 0 radical (unpaired) electrons.